The lowest BCUT2D eigenvalue weighted by atomic mass is 9.97. The Morgan fingerprint density at radius 3 is 2.39 bits per heavy atom. The van der Waals surface area contributed by atoms with Crippen LogP contribution >= 0.6 is 11.6 Å². The summed E-state index contributed by atoms with van der Waals surface area (Å²) < 4.78 is 31.8. The highest BCUT2D eigenvalue weighted by Crippen LogP contribution is 2.32. The number of hydrogen-bond acceptors (Lipinski definition) is 3. The van der Waals surface area contributed by atoms with Gasteiger partial charge in [-0.3, -0.25) is 4.79 Å². The molecular formula is C11H16ClF2NO3. The predicted octanol–water partition coefficient (Wildman–Crippen LogP) is 2.64. The van der Waals surface area contributed by atoms with Gasteiger partial charge in [0.05, 0.1) is 12.5 Å². The van der Waals surface area contributed by atoms with Crippen molar-refractivity contribution >= 4 is 22.9 Å². The van der Waals surface area contributed by atoms with Crippen LogP contribution in [0.5, 0.6) is 0 Å². The highest BCUT2D eigenvalue weighted by Gasteiger charge is 2.45. The molecule has 4 nitrogen and oxygen atoms in total. The minimum Gasteiger partial charge on any atom is -0.444 e. The van der Waals surface area contributed by atoms with E-state index >= 15 is 0 Å². The second-order valence-electron chi connectivity index (χ2n) is 5.42. The zero-order valence-corrected chi connectivity index (χ0v) is 11.3. The number of nitrogens with zero attached hydrogens (tertiary/aromatic N) is 1. The molecule has 0 aromatic carbocycles. The van der Waals surface area contributed by atoms with Gasteiger partial charge in [-0.2, -0.15) is 0 Å². The summed E-state index contributed by atoms with van der Waals surface area (Å²) >= 11 is 5.24. The van der Waals surface area contributed by atoms with Gasteiger partial charge in [-0.25, -0.2) is 13.6 Å². The van der Waals surface area contributed by atoms with Crippen molar-refractivity contribution in [1.29, 1.82) is 0 Å². The summed E-state index contributed by atoms with van der Waals surface area (Å²) in [5.74, 6) is -4.17. The molecule has 18 heavy (non-hydrogen) atoms. The van der Waals surface area contributed by atoms with Gasteiger partial charge in [0.15, 0.2) is 0 Å². The number of alkyl halides is 2. The van der Waals surface area contributed by atoms with Crippen molar-refractivity contribution in [3.05, 3.63) is 0 Å². The lowest BCUT2D eigenvalue weighted by molar-refractivity contribution is -0.126. The van der Waals surface area contributed by atoms with Gasteiger partial charge in [0.2, 0.25) is 5.24 Å². The van der Waals surface area contributed by atoms with Crippen LogP contribution in [-0.2, 0) is 9.53 Å². The van der Waals surface area contributed by atoms with Crippen molar-refractivity contribution in [2.75, 3.05) is 13.1 Å². The summed E-state index contributed by atoms with van der Waals surface area (Å²) in [6.45, 7) is 4.03. The summed E-state index contributed by atoms with van der Waals surface area (Å²) in [6.07, 6.45) is -1.49. The van der Waals surface area contributed by atoms with Crippen molar-refractivity contribution < 1.29 is 23.1 Å². The van der Waals surface area contributed by atoms with Crippen LogP contribution in [0.25, 0.3) is 0 Å². The van der Waals surface area contributed by atoms with E-state index < -0.39 is 41.7 Å². The molecule has 1 aliphatic rings. The van der Waals surface area contributed by atoms with Crippen LogP contribution in [0.15, 0.2) is 0 Å². The van der Waals surface area contributed by atoms with Crippen molar-refractivity contribution in [3.63, 3.8) is 0 Å². The SMILES string of the molecule is CC(C)(C)OC(=O)N1CC(C(=O)Cl)CC(F)(F)C1. The van der Waals surface area contributed by atoms with Crippen molar-refractivity contribution in [1.82, 2.24) is 4.90 Å². The minimum atomic E-state index is -3.12. The number of amides is 1. The Hall–Kier alpha value is -0.910. The van der Waals surface area contributed by atoms with E-state index in [9.17, 15) is 18.4 Å². The highest BCUT2D eigenvalue weighted by molar-refractivity contribution is 6.64. The molecule has 1 saturated heterocycles. The first-order valence-corrected chi connectivity index (χ1v) is 5.93. The molecular weight excluding hydrogens is 268 g/mol. The molecule has 1 heterocycles. The molecule has 0 aromatic heterocycles. The fraction of sp³-hybridized carbons (Fsp3) is 0.818. The number of hydrogen-bond donors (Lipinski definition) is 0. The van der Waals surface area contributed by atoms with Crippen molar-refractivity contribution in [3.8, 4) is 0 Å². The number of rotatable bonds is 1. The van der Waals surface area contributed by atoms with E-state index in [-0.39, 0.29) is 6.54 Å². The van der Waals surface area contributed by atoms with Gasteiger partial charge in [0, 0.05) is 13.0 Å². The zero-order chi connectivity index (χ0) is 14.1. The Morgan fingerprint density at radius 2 is 1.94 bits per heavy atom. The smallest absolute Gasteiger partial charge is 0.410 e. The van der Waals surface area contributed by atoms with E-state index in [1.54, 1.807) is 20.8 Å². The van der Waals surface area contributed by atoms with E-state index in [2.05, 4.69) is 0 Å². The third kappa shape index (κ3) is 4.40. The molecule has 0 N–H and O–H groups in total. The second kappa shape index (κ2) is 4.99. The number of carbonyl (C=O) groups excluding carboxylic acids is 2. The molecule has 0 aliphatic carbocycles. The first-order chi connectivity index (χ1) is 8.00. The maximum absolute atomic E-state index is 13.4. The Kier molecular flexibility index (Phi) is 4.20. The van der Waals surface area contributed by atoms with Gasteiger partial charge >= 0.3 is 6.09 Å². The van der Waals surface area contributed by atoms with Crippen LogP contribution in [0, 0.1) is 5.92 Å². The maximum Gasteiger partial charge on any atom is 0.410 e. The summed E-state index contributed by atoms with van der Waals surface area (Å²) in [5.41, 5.74) is -0.774. The average molecular weight is 284 g/mol. The largest absolute Gasteiger partial charge is 0.444 e. The van der Waals surface area contributed by atoms with Crippen LogP contribution in [0.4, 0.5) is 13.6 Å². The fourth-order valence-electron chi connectivity index (χ4n) is 1.72. The maximum atomic E-state index is 13.4. The third-order valence-electron chi connectivity index (χ3n) is 2.38. The molecule has 0 aromatic rings. The van der Waals surface area contributed by atoms with E-state index in [0.29, 0.717) is 0 Å². The van der Waals surface area contributed by atoms with Crippen molar-refractivity contribution in [2.24, 2.45) is 5.92 Å². The summed E-state index contributed by atoms with van der Waals surface area (Å²) in [5, 5.41) is -0.858. The van der Waals surface area contributed by atoms with Crippen LogP contribution in [-0.4, -0.2) is 40.8 Å². The molecule has 0 spiro atoms. The fourth-order valence-corrected chi connectivity index (χ4v) is 1.86. The molecule has 1 amide bonds. The van der Waals surface area contributed by atoms with Crippen molar-refractivity contribution in [2.45, 2.75) is 38.7 Å². The van der Waals surface area contributed by atoms with Gasteiger partial charge in [-0.1, -0.05) is 0 Å². The van der Waals surface area contributed by atoms with Crippen LogP contribution in [0.3, 0.4) is 0 Å². The normalized spacial score (nSPS) is 23.7. The Labute approximate surface area is 109 Å². The Balaban J connectivity index is 2.76. The Morgan fingerprint density at radius 1 is 1.39 bits per heavy atom. The summed E-state index contributed by atoms with van der Waals surface area (Å²) in [6, 6.07) is 0. The van der Waals surface area contributed by atoms with Gasteiger partial charge in [0.1, 0.15) is 5.60 Å². The van der Waals surface area contributed by atoms with Gasteiger partial charge in [-0.05, 0) is 32.4 Å². The molecule has 1 aliphatic heterocycles. The number of likely N-dealkylation sites (tertiary alicyclic amines) is 1. The first kappa shape index (κ1) is 15.1. The third-order valence-corrected chi connectivity index (χ3v) is 2.69. The Bertz CT molecular complexity index is 355. The molecule has 1 fully saturated rings. The highest BCUT2D eigenvalue weighted by atomic mass is 35.5. The predicted molar refractivity (Wildman–Crippen MR) is 61.7 cm³/mol. The topological polar surface area (TPSA) is 46.6 Å². The summed E-state index contributed by atoms with van der Waals surface area (Å²) in [4.78, 5) is 23.5. The standard InChI is InChI=1S/C11H16ClF2NO3/c1-10(2,3)18-9(17)15-5-7(8(12)16)4-11(13,14)6-15/h7H,4-6H2,1-3H3. The van der Waals surface area contributed by atoms with Crippen LogP contribution < -0.4 is 0 Å². The van der Waals surface area contributed by atoms with Gasteiger partial charge in [0.25, 0.3) is 5.92 Å². The average Bonchev–Trinajstić information content (AvgIpc) is 2.12. The number of carbonyl (C=O) groups is 2. The van der Waals surface area contributed by atoms with Crippen LogP contribution in [0.1, 0.15) is 27.2 Å². The molecule has 0 bridgehead atoms. The van der Waals surface area contributed by atoms with Gasteiger partial charge in [-0.15, -0.1) is 0 Å². The van der Waals surface area contributed by atoms with Crippen LogP contribution in [0.2, 0.25) is 0 Å². The monoisotopic (exact) mass is 283 g/mol. The molecule has 0 saturated carbocycles. The number of piperidine rings is 1. The number of halogens is 3. The lowest BCUT2D eigenvalue weighted by Gasteiger charge is -2.36. The van der Waals surface area contributed by atoms with E-state index in [1.165, 1.54) is 0 Å². The first-order valence-electron chi connectivity index (χ1n) is 5.55. The summed E-state index contributed by atoms with van der Waals surface area (Å²) in [7, 11) is 0. The molecule has 0 radical (unpaired) electrons. The number of ether oxygens (including phenoxy) is 1. The second-order valence-corrected chi connectivity index (χ2v) is 5.79. The minimum absolute atomic E-state index is 0.132. The molecule has 1 rings (SSSR count). The quantitative estimate of drug-likeness (QED) is 0.695. The zero-order valence-electron chi connectivity index (χ0n) is 10.5. The molecule has 1 unspecified atom stereocenters. The molecule has 104 valence electrons. The van der Waals surface area contributed by atoms with E-state index in [0.717, 1.165) is 4.90 Å². The van der Waals surface area contributed by atoms with E-state index in [1.807, 2.05) is 0 Å². The van der Waals surface area contributed by atoms with E-state index in [4.69, 9.17) is 16.3 Å². The van der Waals surface area contributed by atoms with Gasteiger partial charge < -0.3 is 9.64 Å². The lowest BCUT2D eigenvalue weighted by Crippen LogP contribution is -2.52. The molecule has 7 heteroatoms. The molecule has 1 atom stereocenters.